The second-order valence-electron chi connectivity index (χ2n) is 2.32. The molecule has 0 aromatic heterocycles. The van der Waals surface area contributed by atoms with Gasteiger partial charge < -0.3 is 0 Å². The molecule has 0 saturated heterocycles. The molecule has 0 saturated carbocycles. The van der Waals surface area contributed by atoms with E-state index in [4.69, 9.17) is 0 Å². The Morgan fingerprint density at radius 1 is 1.55 bits per heavy atom. The van der Waals surface area contributed by atoms with Gasteiger partial charge in [0.15, 0.2) is 0 Å². The molecular formula is C10H9O. The number of carbonyl (C=O) groups is 1. The number of allylic oxidation sites excluding steroid dienone is 1. The number of carbonyl (C=O) groups excluding carboxylic acids is 1. The minimum atomic E-state index is 0.715. The van der Waals surface area contributed by atoms with Gasteiger partial charge in [-0.25, -0.2) is 0 Å². The molecule has 0 atom stereocenters. The zero-order chi connectivity index (χ0) is 8.10. The quantitative estimate of drug-likeness (QED) is 0.460. The van der Waals surface area contributed by atoms with Crippen molar-refractivity contribution < 1.29 is 4.79 Å². The van der Waals surface area contributed by atoms with E-state index in [-0.39, 0.29) is 0 Å². The third-order valence-corrected chi connectivity index (χ3v) is 1.30. The lowest BCUT2D eigenvalue weighted by Crippen LogP contribution is -1.76. The van der Waals surface area contributed by atoms with Crippen LogP contribution < -0.4 is 0 Å². The van der Waals surface area contributed by atoms with E-state index in [2.05, 4.69) is 6.07 Å². The van der Waals surface area contributed by atoms with E-state index in [1.165, 1.54) is 0 Å². The zero-order valence-corrected chi connectivity index (χ0v) is 6.37. The van der Waals surface area contributed by atoms with Crippen molar-refractivity contribution in [3.8, 4) is 0 Å². The summed E-state index contributed by atoms with van der Waals surface area (Å²) in [6.45, 7) is 1.77. The fourth-order valence-electron chi connectivity index (χ4n) is 0.776. The molecule has 1 nitrogen and oxygen atoms in total. The van der Waals surface area contributed by atoms with Gasteiger partial charge in [-0.2, -0.15) is 0 Å². The van der Waals surface area contributed by atoms with Crippen molar-refractivity contribution in [3.05, 3.63) is 41.5 Å². The van der Waals surface area contributed by atoms with Gasteiger partial charge in [-0.15, -0.1) is 0 Å². The Morgan fingerprint density at radius 2 is 2.36 bits per heavy atom. The lowest BCUT2D eigenvalue weighted by molar-refractivity contribution is -0.104. The predicted octanol–water partition coefficient (Wildman–Crippen LogP) is 2.09. The summed E-state index contributed by atoms with van der Waals surface area (Å²) in [5.41, 5.74) is 1.66. The lowest BCUT2D eigenvalue weighted by Gasteiger charge is -1.90. The molecule has 0 N–H and O–H groups in total. The highest BCUT2D eigenvalue weighted by molar-refractivity contribution is 5.80. The van der Waals surface area contributed by atoms with Gasteiger partial charge in [0, 0.05) is 0 Å². The van der Waals surface area contributed by atoms with Crippen molar-refractivity contribution in [2.75, 3.05) is 0 Å². The van der Waals surface area contributed by atoms with E-state index < -0.39 is 0 Å². The minimum absolute atomic E-state index is 0.715. The number of hydrogen-bond donors (Lipinski definition) is 0. The monoisotopic (exact) mass is 145 g/mol. The minimum Gasteiger partial charge on any atom is -0.298 e. The highest BCUT2D eigenvalue weighted by Gasteiger charge is 1.86. The third-order valence-electron chi connectivity index (χ3n) is 1.30. The van der Waals surface area contributed by atoms with Crippen LogP contribution in [0.25, 0.3) is 6.08 Å². The second kappa shape index (κ2) is 3.71. The Morgan fingerprint density at radius 3 is 2.91 bits per heavy atom. The Hall–Kier alpha value is -1.37. The summed E-state index contributed by atoms with van der Waals surface area (Å²) in [5.74, 6) is 0. The molecule has 0 fully saturated rings. The Bertz CT molecular complexity index is 259. The molecule has 0 heterocycles. The molecular weight excluding hydrogens is 136 g/mol. The normalized spacial score (nSPS) is 11.2. The van der Waals surface area contributed by atoms with Crippen molar-refractivity contribution in [2.24, 2.45) is 0 Å². The first-order valence-electron chi connectivity index (χ1n) is 3.43. The molecule has 1 aromatic carbocycles. The maximum absolute atomic E-state index is 10.2. The summed E-state index contributed by atoms with van der Waals surface area (Å²) >= 11 is 0. The maximum atomic E-state index is 10.2. The Labute approximate surface area is 66.4 Å². The van der Waals surface area contributed by atoms with E-state index in [0.717, 1.165) is 11.8 Å². The summed E-state index contributed by atoms with van der Waals surface area (Å²) in [6, 6.07) is 10.5. The van der Waals surface area contributed by atoms with Crippen LogP contribution in [0, 0.1) is 6.07 Å². The molecule has 1 rings (SSSR count). The molecule has 0 aliphatic heterocycles. The molecule has 1 heteroatoms. The number of hydrogen-bond acceptors (Lipinski definition) is 1. The van der Waals surface area contributed by atoms with Crippen molar-refractivity contribution in [3.63, 3.8) is 0 Å². The van der Waals surface area contributed by atoms with Gasteiger partial charge in [0.05, 0.1) is 0 Å². The van der Waals surface area contributed by atoms with Gasteiger partial charge >= 0.3 is 0 Å². The summed E-state index contributed by atoms with van der Waals surface area (Å²) < 4.78 is 0. The Balaban J connectivity index is 2.87. The van der Waals surface area contributed by atoms with Crippen molar-refractivity contribution >= 4 is 12.4 Å². The molecule has 0 amide bonds. The number of aldehydes is 1. The molecule has 11 heavy (non-hydrogen) atoms. The van der Waals surface area contributed by atoms with Crippen LogP contribution in [0.15, 0.2) is 29.8 Å². The van der Waals surface area contributed by atoms with Crippen molar-refractivity contribution in [1.29, 1.82) is 0 Å². The fraction of sp³-hybridized carbons (Fsp3) is 0.100. The second-order valence-corrected chi connectivity index (χ2v) is 2.32. The summed E-state index contributed by atoms with van der Waals surface area (Å²) in [6.07, 6.45) is 2.63. The van der Waals surface area contributed by atoms with Crippen LogP contribution in [0.5, 0.6) is 0 Å². The van der Waals surface area contributed by atoms with Crippen molar-refractivity contribution in [2.45, 2.75) is 6.92 Å². The van der Waals surface area contributed by atoms with Crippen LogP contribution in [0.4, 0.5) is 0 Å². The van der Waals surface area contributed by atoms with Gasteiger partial charge in [0.25, 0.3) is 0 Å². The number of rotatable bonds is 2. The highest BCUT2D eigenvalue weighted by atomic mass is 16.1. The zero-order valence-electron chi connectivity index (χ0n) is 6.37. The Kier molecular flexibility index (Phi) is 2.61. The summed E-state index contributed by atoms with van der Waals surface area (Å²) in [5, 5.41) is 0. The standard InChI is InChI=1S/C10H9O/c1-9(8-11)7-10-5-3-2-4-6-10/h2-5,7-8H,1H3. The molecule has 1 radical (unpaired) electrons. The van der Waals surface area contributed by atoms with E-state index >= 15 is 0 Å². The van der Waals surface area contributed by atoms with E-state index in [9.17, 15) is 4.79 Å². The average Bonchev–Trinajstić information content (AvgIpc) is 2.06. The van der Waals surface area contributed by atoms with Gasteiger partial charge in [-0.1, -0.05) is 24.3 Å². The summed E-state index contributed by atoms with van der Waals surface area (Å²) in [7, 11) is 0. The van der Waals surface area contributed by atoms with Crippen LogP contribution in [-0.4, -0.2) is 6.29 Å². The van der Waals surface area contributed by atoms with Crippen molar-refractivity contribution in [1.82, 2.24) is 0 Å². The van der Waals surface area contributed by atoms with E-state index in [0.29, 0.717) is 5.57 Å². The molecule has 1 aromatic rings. The summed E-state index contributed by atoms with van der Waals surface area (Å²) in [4.78, 5) is 10.2. The van der Waals surface area contributed by atoms with E-state index in [1.54, 1.807) is 13.0 Å². The first-order chi connectivity index (χ1) is 5.33. The molecule has 0 bridgehead atoms. The lowest BCUT2D eigenvalue weighted by atomic mass is 10.1. The van der Waals surface area contributed by atoms with Crippen LogP contribution in [0.3, 0.4) is 0 Å². The highest BCUT2D eigenvalue weighted by Crippen LogP contribution is 2.02. The average molecular weight is 145 g/mol. The van der Waals surface area contributed by atoms with Crippen LogP contribution >= 0.6 is 0 Å². The van der Waals surface area contributed by atoms with Gasteiger partial charge in [-0.05, 0) is 30.2 Å². The van der Waals surface area contributed by atoms with Gasteiger partial charge in [-0.3, -0.25) is 4.79 Å². The van der Waals surface area contributed by atoms with Gasteiger partial charge in [0.2, 0.25) is 0 Å². The van der Waals surface area contributed by atoms with Gasteiger partial charge in [0.1, 0.15) is 6.29 Å². The molecule has 0 aliphatic carbocycles. The SMILES string of the molecule is CC(C=O)=Cc1[c]cccc1. The van der Waals surface area contributed by atoms with Crippen LogP contribution in [0.2, 0.25) is 0 Å². The predicted molar refractivity (Wildman–Crippen MR) is 45.0 cm³/mol. The fourth-order valence-corrected chi connectivity index (χ4v) is 0.776. The maximum Gasteiger partial charge on any atom is 0.145 e. The molecule has 0 spiro atoms. The van der Waals surface area contributed by atoms with Crippen LogP contribution in [-0.2, 0) is 4.79 Å². The van der Waals surface area contributed by atoms with Crippen LogP contribution in [0.1, 0.15) is 12.5 Å². The topological polar surface area (TPSA) is 17.1 Å². The molecule has 0 aliphatic rings. The largest absolute Gasteiger partial charge is 0.298 e. The third kappa shape index (κ3) is 2.38. The first kappa shape index (κ1) is 7.73. The number of benzene rings is 1. The molecule has 0 unspecified atom stereocenters. The van der Waals surface area contributed by atoms with E-state index in [1.807, 2.05) is 24.3 Å². The molecule has 55 valence electrons. The first-order valence-corrected chi connectivity index (χ1v) is 3.43. The smallest absolute Gasteiger partial charge is 0.145 e.